The van der Waals surface area contributed by atoms with Crippen LogP contribution in [-0.2, 0) is 6.42 Å². The largest absolute Gasteiger partial charge is 0.356 e. The van der Waals surface area contributed by atoms with E-state index in [0.29, 0.717) is 0 Å². The molecule has 1 aromatic heterocycles. The van der Waals surface area contributed by atoms with Crippen LogP contribution in [0.5, 0.6) is 0 Å². The minimum absolute atomic E-state index is 0. The number of aryl methyl sites for hydroxylation is 1. The number of hydrogen-bond donors (Lipinski definition) is 1. The summed E-state index contributed by atoms with van der Waals surface area (Å²) in [6, 6.07) is 0. The number of aromatic nitrogens is 2. The average molecular weight is 522 g/mol. The first-order valence-corrected chi connectivity index (χ1v) is 11.3. The van der Waals surface area contributed by atoms with Gasteiger partial charge in [0.2, 0.25) is 5.13 Å². The van der Waals surface area contributed by atoms with Gasteiger partial charge in [0.05, 0.1) is 0 Å². The Morgan fingerprint density at radius 3 is 2.43 bits per heavy atom. The molecule has 0 aliphatic carbocycles. The fourth-order valence-corrected chi connectivity index (χ4v) is 4.73. The van der Waals surface area contributed by atoms with Crippen LogP contribution in [-0.4, -0.2) is 84.5 Å². The van der Waals surface area contributed by atoms with E-state index in [1.165, 1.54) is 50.4 Å². The van der Waals surface area contributed by atoms with Gasteiger partial charge in [-0.1, -0.05) is 13.8 Å². The third-order valence-electron chi connectivity index (χ3n) is 5.63. The Morgan fingerprint density at radius 2 is 1.86 bits per heavy atom. The van der Waals surface area contributed by atoms with Gasteiger partial charge in [0, 0.05) is 57.7 Å². The highest BCUT2D eigenvalue weighted by Crippen LogP contribution is 2.20. The number of hydrogen-bond acceptors (Lipinski definition) is 6. The zero-order valence-electron chi connectivity index (χ0n) is 17.6. The number of anilines is 1. The van der Waals surface area contributed by atoms with Crippen molar-refractivity contribution in [2.75, 3.05) is 64.3 Å². The molecule has 2 aliphatic rings. The Morgan fingerprint density at radius 1 is 1.14 bits per heavy atom. The number of guanidine groups is 1. The van der Waals surface area contributed by atoms with E-state index in [-0.39, 0.29) is 24.0 Å². The zero-order chi connectivity index (χ0) is 19.1. The van der Waals surface area contributed by atoms with Crippen molar-refractivity contribution in [3.8, 4) is 0 Å². The Balaban J connectivity index is 0.00000280. The lowest BCUT2D eigenvalue weighted by atomic mass is 9.97. The van der Waals surface area contributed by atoms with E-state index in [9.17, 15) is 0 Å². The number of piperidine rings is 1. The number of likely N-dealkylation sites (tertiary alicyclic amines) is 1. The fourth-order valence-electron chi connectivity index (χ4n) is 3.92. The third-order valence-corrected chi connectivity index (χ3v) is 6.45. The van der Waals surface area contributed by atoms with Crippen molar-refractivity contribution >= 4 is 46.6 Å². The van der Waals surface area contributed by atoms with E-state index < -0.39 is 0 Å². The lowest BCUT2D eigenvalue weighted by Crippen LogP contribution is -2.53. The number of piperazine rings is 1. The molecule has 7 nitrogen and oxygen atoms in total. The summed E-state index contributed by atoms with van der Waals surface area (Å²) in [7, 11) is 1.90. The van der Waals surface area contributed by atoms with Crippen molar-refractivity contribution in [2.45, 2.75) is 39.5 Å². The van der Waals surface area contributed by atoms with Gasteiger partial charge in [-0.05, 0) is 44.8 Å². The molecule has 0 spiro atoms. The highest BCUT2D eigenvalue weighted by molar-refractivity contribution is 14.0. The van der Waals surface area contributed by atoms with Gasteiger partial charge in [-0.15, -0.1) is 24.0 Å². The van der Waals surface area contributed by atoms with Gasteiger partial charge >= 0.3 is 0 Å². The van der Waals surface area contributed by atoms with Gasteiger partial charge in [0.25, 0.3) is 0 Å². The summed E-state index contributed by atoms with van der Waals surface area (Å²) in [6.45, 7) is 13.1. The Kier molecular flexibility index (Phi) is 10.2. The molecule has 2 aliphatic heterocycles. The molecule has 160 valence electrons. The first kappa shape index (κ1) is 23.6. The SMILES string of the molecule is CCCN1CCC(CNC(=NC)N2CCN(c3nc(CC)ns3)CC2)CC1.I. The average Bonchev–Trinajstić information content (AvgIpc) is 3.20. The number of nitrogens with one attached hydrogen (secondary N) is 1. The van der Waals surface area contributed by atoms with Crippen molar-refractivity contribution in [3.63, 3.8) is 0 Å². The maximum absolute atomic E-state index is 4.62. The van der Waals surface area contributed by atoms with Crippen LogP contribution in [0.2, 0.25) is 0 Å². The molecule has 0 atom stereocenters. The van der Waals surface area contributed by atoms with Crippen molar-refractivity contribution in [3.05, 3.63) is 5.82 Å². The van der Waals surface area contributed by atoms with Gasteiger partial charge in [0.1, 0.15) is 5.82 Å². The maximum Gasteiger partial charge on any atom is 0.205 e. The molecule has 2 saturated heterocycles. The van der Waals surface area contributed by atoms with Gasteiger partial charge in [-0.2, -0.15) is 4.37 Å². The summed E-state index contributed by atoms with van der Waals surface area (Å²) in [4.78, 5) is 16.5. The van der Waals surface area contributed by atoms with E-state index >= 15 is 0 Å². The monoisotopic (exact) mass is 521 g/mol. The summed E-state index contributed by atoms with van der Waals surface area (Å²) in [6.07, 6.45) is 4.77. The quantitative estimate of drug-likeness (QED) is 0.353. The Hall–Kier alpha value is -0.680. The highest BCUT2D eigenvalue weighted by Gasteiger charge is 2.23. The molecule has 0 saturated carbocycles. The summed E-state index contributed by atoms with van der Waals surface area (Å²) < 4.78 is 4.41. The predicted octanol–water partition coefficient (Wildman–Crippen LogP) is 2.54. The van der Waals surface area contributed by atoms with E-state index in [4.69, 9.17) is 0 Å². The molecule has 1 N–H and O–H groups in total. The molecule has 3 rings (SSSR count). The van der Waals surface area contributed by atoms with Crippen LogP contribution < -0.4 is 10.2 Å². The van der Waals surface area contributed by atoms with Gasteiger partial charge < -0.3 is 20.0 Å². The molecule has 2 fully saturated rings. The summed E-state index contributed by atoms with van der Waals surface area (Å²) >= 11 is 1.53. The standard InChI is InChI=1S/C19H35N7S.HI/c1-4-8-24-9-6-16(7-10-24)15-21-18(20-3)25-11-13-26(14-12-25)19-22-17(5-2)23-27-19;/h16H,4-15H2,1-3H3,(H,20,21);1H. The van der Waals surface area contributed by atoms with Crippen LogP contribution in [0.25, 0.3) is 0 Å². The van der Waals surface area contributed by atoms with Crippen molar-refractivity contribution < 1.29 is 0 Å². The zero-order valence-corrected chi connectivity index (χ0v) is 20.7. The van der Waals surface area contributed by atoms with Crippen LogP contribution >= 0.6 is 35.5 Å². The Labute approximate surface area is 191 Å². The minimum Gasteiger partial charge on any atom is -0.356 e. The third kappa shape index (κ3) is 6.41. The molecule has 28 heavy (non-hydrogen) atoms. The van der Waals surface area contributed by atoms with Crippen molar-refractivity contribution in [1.82, 2.24) is 24.5 Å². The molecule has 0 amide bonds. The number of aliphatic imine (C=N–C) groups is 1. The molecule has 3 heterocycles. The second-order valence-electron chi connectivity index (χ2n) is 7.53. The van der Waals surface area contributed by atoms with E-state index in [1.807, 2.05) is 7.05 Å². The molecule has 0 unspecified atom stereocenters. The van der Waals surface area contributed by atoms with Crippen molar-refractivity contribution in [2.24, 2.45) is 10.9 Å². The van der Waals surface area contributed by atoms with Crippen LogP contribution in [0, 0.1) is 5.92 Å². The molecular weight excluding hydrogens is 485 g/mol. The summed E-state index contributed by atoms with van der Waals surface area (Å²) in [5.74, 6) is 2.78. The summed E-state index contributed by atoms with van der Waals surface area (Å²) in [5, 5.41) is 4.70. The number of halogens is 1. The van der Waals surface area contributed by atoms with Gasteiger partial charge in [0.15, 0.2) is 5.96 Å². The van der Waals surface area contributed by atoms with Gasteiger partial charge in [-0.25, -0.2) is 4.98 Å². The highest BCUT2D eigenvalue weighted by atomic mass is 127. The van der Waals surface area contributed by atoms with Gasteiger partial charge in [-0.3, -0.25) is 4.99 Å². The molecule has 0 bridgehead atoms. The number of rotatable bonds is 6. The lowest BCUT2D eigenvalue weighted by Gasteiger charge is -2.37. The second kappa shape index (κ2) is 12.1. The number of nitrogens with zero attached hydrogens (tertiary/aromatic N) is 6. The van der Waals surface area contributed by atoms with E-state index in [0.717, 1.165) is 62.0 Å². The van der Waals surface area contributed by atoms with Crippen LogP contribution in [0.3, 0.4) is 0 Å². The molecule has 0 aromatic carbocycles. The molecule has 1 aromatic rings. The van der Waals surface area contributed by atoms with Crippen molar-refractivity contribution in [1.29, 1.82) is 0 Å². The summed E-state index contributed by atoms with van der Waals surface area (Å²) in [5.41, 5.74) is 0. The lowest BCUT2D eigenvalue weighted by molar-refractivity contribution is 0.184. The Bertz CT molecular complexity index is 593. The predicted molar refractivity (Wildman–Crippen MR) is 129 cm³/mol. The van der Waals surface area contributed by atoms with Crippen LogP contribution in [0.1, 0.15) is 38.9 Å². The minimum atomic E-state index is 0. The smallest absolute Gasteiger partial charge is 0.205 e. The first-order chi connectivity index (χ1) is 13.2. The topological polar surface area (TPSA) is 59.9 Å². The van der Waals surface area contributed by atoms with E-state index in [1.54, 1.807) is 0 Å². The first-order valence-electron chi connectivity index (χ1n) is 10.5. The van der Waals surface area contributed by atoms with Crippen LogP contribution in [0.4, 0.5) is 5.13 Å². The van der Waals surface area contributed by atoms with E-state index in [2.05, 4.69) is 48.2 Å². The molecule has 9 heteroatoms. The maximum atomic E-state index is 4.62. The molecule has 0 radical (unpaired) electrons. The fraction of sp³-hybridized carbons (Fsp3) is 0.842. The molecular formula is C19H36IN7S. The van der Waals surface area contributed by atoms with Crippen LogP contribution in [0.15, 0.2) is 4.99 Å². The second-order valence-corrected chi connectivity index (χ2v) is 8.26. The normalized spacial score (nSPS) is 19.6.